The molecule has 0 amide bonds. The summed E-state index contributed by atoms with van der Waals surface area (Å²) in [6, 6.07) is 15.9. The van der Waals surface area contributed by atoms with Crippen LogP contribution in [-0.2, 0) is 12.1 Å². The van der Waals surface area contributed by atoms with Crippen LogP contribution in [0.1, 0.15) is 30.0 Å². The molecule has 2 aromatic rings. The minimum absolute atomic E-state index is 0.0902. The first-order valence-corrected chi connectivity index (χ1v) is 7.25. The van der Waals surface area contributed by atoms with E-state index in [2.05, 4.69) is 5.32 Å². The molecule has 22 heavy (non-hydrogen) atoms. The van der Waals surface area contributed by atoms with Crippen LogP contribution in [0.4, 0.5) is 4.39 Å². The third kappa shape index (κ3) is 3.33. The number of nitrogens with zero attached hydrogens (tertiary/aromatic N) is 1. The lowest BCUT2D eigenvalue weighted by molar-refractivity contribution is 0.153. The maximum Gasteiger partial charge on any atom is 0.127 e. The highest BCUT2D eigenvalue weighted by Gasteiger charge is 2.29. The molecule has 0 aliphatic heterocycles. The lowest BCUT2D eigenvalue weighted by Crippen LogP contribution is -2.44. The van der Waals surface area contributed by atoms with Gasteiger partial charge in [-0.3, -0.25) is 0 Å². The van der Waals surface area contributed by atoms with E-state index in [-0.39, 0.29) is 19.0 Å². The number of nitrogens with one attached hydrogen (secondary N) is 1. The molecule has 1 unspecified atom stereocenters. The van der Waals surface area contributed by atoms with Crippen LogP contribution in [0.25, 0.3) is 0 Å². The number of hydrogen-bond acceptors (Lipinski definition) is 3. The number of nitriles is 1. The van der Waals surface area contributed by atoms with E-state index < -0.39 is 5.54 Å². The van der Waals surface area contributed by atoms with Gasteiger partial charge >= 0.3 is 0 Å². The van der Waals surface area contributed by atoms with Gasteiger partial charge in [0, 0.05) is 12.1 Å². The maximum atomic E-state index is 13.9. The zero-order valence-electron chi connectivity index (χ0n) is 12.5. The van der Waals surface area contributed by atoms with Crippen molar-refractivity contribution in [2.24, 2.45) is 0 Å². The lowest BCUT2D eigenvalue weighted by atomic mass is 9.87. The molecule has 114 valence electrons. The van der Waals surface area contributed by atoms with E-state index in [0.29, 0.717) is 17.5 Å². The number of aliphatic hydroxyl groups is 1. The first-order chi connectivity index (χ1) is 10.6. The van der Waals surface area contributed by atoms with Gasteiger partial charge in [0.2, 0.25) is 0 Å². The third-order valence-corrected chi connectivity index (χ3v) is 3.99. The molecular formula is C18H19FN2O. The molecule has 0 aliphatic carbocycles. The Bertz CT molecular complexity index is 661. The van der Waals surface area contributed by atoms with E-state index >= 15 is 0 Å². The van der Waals surface area contributed by atoms with Crippen molar-refractivity contribution in [1.29, 1.82) is 5.26 Å². The van der Waals surface area contributed by atoms with Gasteiger partial charge in [-0.2, -0.15) is 5.26 Å². The van der Waals surface area contributed by atoms with Crippen molar-refractivity contribution in [3.63, 3.8) is 0 Å². The van der Waals surface area contributed by atoms with Crippen molar-refractivity contribution >= 4 is 0 Å². The Morgan fingerprint density at radius 1 is 1.23 bits per heavy atom. The molecule has 0 spiro atoms. The van der Waals surface area contributed by atoms with Crippen LogP contribution in [-0.4, -0.2) is 11.7 Å². The van der Waals surface area contributed by atoms with Crippen LogP contribution in [0.2, 0.25) is 0 Å². The predicted molar refractivity (Wildman–Crippen MR) is 83.5 cm³/mol. The fraction of sp³-hybridized carbons (Fsp3) is 0.278. The van der Waals surface area contributed by atoms with Gasteiger partial charge in [0.15, 0.2) is 0 Å². The fourth-order valence-electron chi connectivity index (χ4n) is 2.49. The Kier molecular flexibility index (Phi) is 5.26. The molecule has 0 saturated heterocycles. The summed E-state index contributed by atoms with van der Waals surface area (Å²) in [6.45, 7) is 2.12. The van der Waals surface area contributed by atoms with Crippen LogP contribution in [0.5, 0.6) is 0 Å². The van der Waals surface area contributed by atoms with Crippen molar-refractivity contribution in [3.05, 3.63) is 71.0 Å². The highest BCUT2D eigenvalue weighted by Crippen LogP contribution is 2.25. The van der Waals surface area contributed by atoms with Gasteiger partial charge in [-0.15, -0.1) is 0 Å². The average Bonchev–Trinajstić information content (AvgIpc) is 2.58. The number of aliphatic hydroxyl groups excluding tert-OH is 1. The van der Waals surface area contributed by atoms with E-state index in [1.54, 1.807) is 0 Å². The smallest absolute Gasteiger partial charge is 0.127 e. The summed E-state index contributed by atoms with van der Waals surface area (Å²) < 4.78 is 13.9. The molecule has 1 atom stereocenters. The van der Waals surface area contributed by atoms with Crippen LogP contribution in [0, 0.1) is 17.1 Å². The molecule has 3 nitrogen and oxygen atoms in total. The second kappa shape index (κ2) is 7.17. The van der Waals surface area contributed by atoms with E-state index in [1.165, 1.54) is 18.2 Å². The number of halogens is 1. The third-order valence-electron chi connectivity index (χ3n) is 3.99. The van der Waals surface area contributed by atoms with Crippen LogP contribution < -0.4 is 5.32 Å². The number of benzene rings is 2. The Balaban J connectivity index is 2.25. The Labute approximate surface area is 130 Å². The van der Waals surface area contributed by atoms with Crippen LogP contribution >= 0.6 is 0 Å². The summed E-state index contributed by atoms with van der Waals surface area (Å²) in [7, 11) is 0. The molecule has 0 bridgehead atoms. The van der Waals surface area contributed by atoms with E-state index in [1.807, 2.05) is 43.3 Å². The Morgan fingerprint density at radius 2 is 1.95 bits per heavy atom. The second-order valence-electron chi connectivity index (χ2n) is 5.23. The highest BCUT2D eigenvalue weighted by atomic mass is 19.1. The first-order valence-electron chi connectivity index (χ1n) is 7.25. The molecule has 2 aromatic carbocycles. The van der Waals surface area contributed by atoms with Gasteiger partial charge in [0.1, 0.15) is 5.82 Å². The van der Waals surface area contributed by atoms with Crippen molar-refractivity contribution in [3.8, 4) is 6.07 Å². The quantitative estimate of drug-likeness (QED) is 0.861. The average molecular weight is 298 g/mol. The van der Waals surface area contributed by atoms with Crippen molar-refractivity contribution in [2.45, 2.75) is 25.4 Å². The zero-order chi connectivity index (χ0) is 16.0. The van der Waals surface area contributed by atoms with Crippen molar-refractivity contribution in [1.82, 2.24) is 5.32 Å². The SMILES string of the molecule is CCC(CO)(NCc1cc(C#N)ccc1F)c1ccccc1. The Hall–Kier alpha value is -2.22. The largest absolute Gasteiger partial charge is 0.394 e. The molecule has 0 aliphatic rings. The first kappa shape index (κ1) is 16.2. The summed E-state index contributed by atoms with van der Waals surface area (Å²) >= 11 is 0. The normalized spacial score (nSPS) is 13.4. The molecular weight excluding hydrogens is 279 g/mol. The Morgan fingerprint density at radius 3 is 2.55 bits per heavy atom. The van der Waals surface area contributed by atoms with Gasteiger partial charge < -0.3 is 10.4 Å². The van der Waals surface area contributed by atoms with Gasteiger partial charge in [-0.25, -0.2) is 4.39 Å². The lowest BCUT2D eigenvalue weighted by Gasteiger charge is -2.33. The van der Waals surface area contributed by atoms with Gasteiger partial charge in [0.25, 0.3) is 0 Å². The highest BCUT2D eigenvalue weighted by molar-refractivity contribution is 5.34. The van der Waals surface area contributed by atoms with E-state index in [0.717, 1.165) is 5.56 Å². The number of hydrogen-bond donors (Lipinski definition) is 2. The minimum atomic E-state index is -0.629. The second-order valence-corrected chi connectivity index (χ2v) is 5.23. The van der Waals surface area contributed by atoms with Gasteiger partial charge in [0.05, 0.1) is 23.8 Å². The summed E-state index contributed by atoms with van der Waals surface area (Å²) in [6.07, 6.45) is 0.660. The topological polar surface area (TPSA) is 56.0 Å². The van der Waals surface area contributed by atoms with E-state index in [4.69, 9.17) is 5.26 Å². The molecule has 0 fully saturated rings. The zero-order valence-corrected chi connectivity index (χ0v) is 12.5. The fourth-order valence-corrected chi connectivity index (χ4v) is 2.49. The van der Waals surface area contributed by atoms with Crippen molar-refractivity contribution < 1.29 is 9.50 Å². The van der Waals surface area contributed by atoms with Gasteiger partial charge in [-0.05, 0) is 30.2 Å². The number of rotatable bonds is 6. The summed E-state index contributed by atoms with van der Waals surface area (Å²) in [4.78, 5) is 0. The maximum absolute atomic E-state index is 13.9. The van der Waals surface area contributed by atoms with Crippen molar-refractivity contribution in [2.75, 3.05) is 6.61 Å². The van der Waals surface area contributed by atoms with Gasteiger partial charge in [-0.1, -0.05) is 37.3 Å². The van der Waals surface area contributed by atoms with E-state index in [9.17, 15) is 9.50 Å². The summed E-state index contributed by atoms with van der Waals surface area (Å²) in [5.74, 6) is -0.359. The standard InChI is InChI=1S/C18H19FN2O/c1-2-18(13-22,16-6-4-3-5-7-16)21-12-15-10-14(11-20)8-9-17(15)19/h3-10,21-22H,2,12-13H2,1H3. The predicted octanol–water partition coefficient (Wildman–Crippen LogP) is 3.08. The molecule has 0 saturated carbocycles. The molecule has 0 heterocycles. The van der Waals surface area contributed by atoms with Crippen LogP contribution in [0.3, 0.4) is 0 Å². The molecule has 0 radical (unpaired) electrons. The molecule has 4 heteroatoms. The minimum Gasteiger partial charge on any atom is -0.394 e. The monoisotopic (exact) mass is 298 g/mol. The molecule has 0 aromatic heterocycles. The van der Waals surface area contributed by atoms with Crippen LogP contribution in [0.15, 0.2) is 48.5 Å². The summed E-state index contributed by atoms with van der Waals surface area (Å²) in [5, 5.41) is 22.0. The molecule has 2 N–H and O–H groups in total. The molecule has 2 rings (SSSR count). The summed E-state index contributed by atoms with van der Waals surface area (Å²) in [5.41, 5.74) is 1.16.